The maximum atomic E-state index is 12.6. The maximum Gasteiger partial charge on any atom is 0.227 e. The monoisotopic (exact) mass is 344 g/mol. The van der Waals surface area contributed by atoms with Crippen LogP contribution in [0.2, 0.25) is 0 Å². The number of para-hydroxylation sites is 1. The molecule has 2 heterocycles. The molecule has 1 aromatic carbocycles. The van der Waals surface area contributed by atoms with Gasteiger partial charge >= 0.3 is 0 Å². The number of hydrogen-bond acceptors (Lipinski definition) is 4. The Morgan fingerprint density at radius 2 is 1.92 bits per heavy atom. The second-order valence-corrected chi connectivity index (χ2v) is 7.28. The van der Waals surface area contributed by atoms with Gasteiger partial charge in [-0.25, -0.2) is 4.98 Å². The highest BCUT2D eigenvalue weighted by atomic mass is 32.1. The van der Waals surface area contributed by atoms with Crippen LogP contribution in [0.3, 0.4) is 0 Å². The van der Waals surface area contributed by atoms with Crippen molar-refractivity contribution in [3.8, 4) is 16.3 Å². The van der Waals surface area contributed by atoms with Crippen molar-refractivity contribution in [1.29, 1.82) is 0 Å². The van der Waals surface area contributed by atoms with Crippen LogP contribution in [0.5, 0.6) is 5.75 Å². The standard InChI is InChI=1S/C19H24N2O2S/c1-14-17(13-18(22)21-11-7-3-4-8-12-21)24-19(20-14)15-9-5-6-10-16(15)23-2/h5-6,9-10H,3-4,7-8,11-13H2,1-2H3. The summed E-state index contributed by atoms with van der Waals surface area (Å²) in [7, 11) is 1.67. The number of nitrogens with zero attached hydrogens (tertiary/aromatic N) is 2. The van der Waals surface area contributed by atoms with Crippen molar-refractivity contribution in [2.75, 3.05) is 20.2 Å². The summed E-state index contributed by atoms with van der Waals surface area (Å²) in [6, 6.07) is 7.88. The normalized spacial score (nSPS) is 15.2. The van der Waals surface area contributed by atoms with E-state index in [-0.39, 0.29) is 5.91 Å². The zero-order valence-electron chi connectivity index (χ0n) is 14.4. The highest BCUT2D eigenvalue weighted by molar-refractivity contribution is 7.15. The summed E-state index contributed by atoms with van der Waals surface area (Å²) in [4.78, 5) is 20.4. The molecule has 24 heavy (non-hydrogen) atoms. The second kappa shape index (κ2) is 7.79. The molecule has 0 spiro atoms. The third-order valence-electron chi connectivity index (χ3n) is 4.50. The first-order valence-corrected chi connectivity index (χ1v) is 9.38. The van der Waals surface area contributed by atoms with Crippen LogP contribution in [0.15, 0.2) is 24.3 Å². The van der Waals surface area contributed by atoms with E-state index in [0.29, 0.717) is 6.42 Å². The number of benzene rings is 1. The highest BCUT2D eigenvalue weighted by Gasteiger charge is 2.19. The molecule has 4 nitrogen and oxygen atoms in total. The Balaban J connectivity index is 1.77. The summed E-state index contributed by atoms with van der Waals surface area (Å²) in [6.45, 7) is 3.78. The molecule has 0 atom stereocenters. The van der Waals surface area contributed by atoms with Crippen molar-refractivity contribution in [2.24, 2.45) is 0 Å². The predicted octanol–water partition coefficient (Wildman–Crippen LogP) is 4.07. The summed E-state index contributed by atoms with van der Waals surface area (Å²) in [5, 5.41) is 0.920. The minimum absolute atomic E-state index is 0.232. The van der Waals surface area contributed by atoms with Gasteiger partial charge < -0.3 is 9.64 Å². The van der Waals surface area contributed by atoms with Crippen LogP contribution in [0.25, 0.3) is 10.6 Å². The summed E-state index contributed by atoms with van der Waals surface area (Å²) in [5.41, 5.74) is 1.94. The maximum absolute atomic E-state index is 12.6. The van der Waals surface area contributed by atoms with Crippen LogP contribution < -0.4 is 4.74 Å². The number of carbonyl (C=O) groups excluding carboxylic acids is 1. The topological polar surface area (TPSA) is 42.4 Å². The Labute approximate surface area is 147 Å². The summed E-state index contributed by atoms with van der Waals surface area (Å²) >= 11 is 1.60. The fourth-order valence-electron chi connectivity index (χ4n) is 3.10. The molecule has 1 saturated heterocycles. The molecule has 1 aliphatic heterocycles. The smallest absolute Gasteiger partial charge is 0.227 e. The molecule has 0 aliphatic carbocycles. The van der Waals surface area contributed by atoms with E-state index in [1.165, 1.54) is 12.8 Å². The minimum Gasteiger partial charge on any atom is -0.496 e. The van der Waals surface area contributed by atoms with Gasteiger partial charge in [0.05, 0.1) is 24.8 Å². The van der Waals surface area contributed by atoms with Crippen molar-refractivity contribution < 1.29 is 9.53 Å². The molecular weight excluding hydrogens is 320 g/mol. The van der Waals surface area contributed by atoms with Gasteiger partial charge in [0.15, 0.2) is 0 Å². The van der Waals surface area contributed by atoms with Crippen LogP contribution in [0.1, 0.15) is 36.3 Å². The van der Waals surface area contributed by atoms with Gasteiger partial charge in [0, 0.05) is 18.0 Å². The van der Waals surface area contributed by atoms with E-state index in [1.54, 1.807) is 18.4 Å². The molecule has 0 bridgehead atoms. The molecule has 0 unspecified atom stereocenters. The Hall–Kier alpha value is -1.88. The van der Waals surface area contributed by atoms with E-state index in [2.05, 4.69) is 4.98 Å². The van der Waals surface area contributed by atoms with Crippen molar-refractivity contribution >= 4 is 17.2 Å². The summed E-state index contributed by atoms with van der Waals surface area (Å²) < 4.78 is 5.43. The molecule has 0 N–H and O–H groups in total. The lowest BCUT2D eigenvalue weighted by atomic mass is 10.2. The number of aromatic nitrogens is 1. The van der Waals surface area contributed by atoms with Gasteiger partial charge in [-0.2, -0.15) is 0 Å². The zero-order valence-corrected chi connectivity index (χ0v) is 15.2. The molecule has 1 aromatic heterocycles. The molecule has 128 valence electrons. The first kappa shape index (κ1) is 17.0. The van der Waals surface area contributed by atoms with Crippen LogP contribution in [0.4, 0.5) is 0 Å². The SMILES string of the molecule is COc1ccccc1-c1nc(C)c(CC(=O)N2CCCCCC2)s1. The third-order valence-corrected chi connectivity index (χ3v) is 5.69. The fourth-order valence-corrected chi connectivity index (χ4v) is 4.18. The van der Waals surface area contributed by atoms with E-state index >= 15 is 0 Å². The fraction of sp³-hybridized carbons (Fsp3) is 0.474. The van der Waals surface area contributed by atoms with E-state index in [0.717, 1.165) is 52.8 Å². The number of amides is 1. The number of hydrogen-bond donors (Lipinski definition) is 0. The molecule has 1 aliphatic rings. The minimum atomic E-state index is 0.232. The van der Waals surface area contributed by atoms with Gasteiger partial charge in [-0.1, -0.05) is 25.0 Å². The van der Waals surface area contributed by atoms with Crippen molar-refractivity contribution in [3.63, 3.8) is 0 Å². The Kier molecular flexibility index (Phi) is 5.51. The molecule has 2 aromatic rings. The van der Waals surface area contributed by atoms with E-state index in [1.807, 2.05) is 36.1 Å². The van der Waals surface area contributed by atoms with E-state index < -0.39 is 0 Å². The van der Waals surface area contributed by atoms with E-state index in [9.17, 15) is 4.79 Å². The van der Waals surface area contributed by atoms with E-state index in [4.69, 9.17) is 4.74 Å². The Morgan fingerprint density at radius 3 is 2.62 bits per heavy atom. The van der Waals surface area contributed by atoms with Crippen molar-refractivity contribution in [1.82, 2.24) is 9.88 Å². The van der Waals surface area contributed by atoms with Crippen LogP contribution in [-0.2, 0) is 11.2 Å². The van der Waals surface area contributed by atoms with Gasteiger partial charge in [-0.05, 0) is 31.9 Å². The Morgan fingerprint density at radius 1 is 1.21 bits per heavy atom. The average Bonchev–Trinajstić information content (AvgIpc) is 2.81. The first-order valence-electron chi connectivity index (χ1n) is 8.56. The van der Waals surface area contributed by atoms with Gasteiger partial charge in [0.2, 0.25) is 5.91 Å². The third kappa shape index (κ3) is 3.78. The van der Waals surface area contributed by atoms with Gasteiger partial charge in [0.25, 0.3) is 0 Å². The number of carbonyl (C=O) groups is 1. The molecule has 0 radical (unpaired) electrons. The summed E-state index contributed by atoms with van der Waals surface area (Å²) in [5.74, 6) is 1.05. The molecule has 5 heteroatoms. The number of rotatable bonds is 4. The lowest BCUT2D eigenvalue weighted by Gasteiger charge is -2.19. The predicted molar refractivity (Wildman–Crippen MR) is 97.6 cm³/mol. The largest absolute Gasteiger partial charge is 0.496 e. The van der Waals surface area contributed by atoms with Crippen LogP contribution >= 0.6 is 11.3 Å². The first-order chi connectivity index (χ1) is 11.7. The lowest BCUT2D eigenvalue weighted by molar-refractivity contribution is -0.130. The molecule has 3 rings (SSSR count). The number of methoxy groups -OCH3 is 1. The van der Waals surface area contributed by atoms with Gasteiger partial charge in [-0.3, -0.25) is 4.79 Å². The van der Waals surface area contributed by atoms with Gasteiger partial charge in [0.1, 0.15) is 10.8 Å². The molecule has 1 fully saturated rings. The number of aryl methyl sites for hydroxylation is 1. The quantitative estimate of drug-likeness (QED) is 0.839. The summed E-state index contributed by atoms with van der Waals surface area (Å²) in [6.07, 6.45) is 5.18. The number of likely N-dealkylation sites (tertiary alicyclic amines) is 1. The lowest BCUT2D eigenvalue weighted by Crippen LogP contribution is -2.33. The van der Waals surface area contributed by atoms with Crippen molar-refractivity contribution in [3.05, 3.63) is 34.8 Å². The van der Waals surface area contributed by atoms with Crippen LogP contribution in [-0.4, -0.2) is 36.0 Å². The molecule has 0 saturated carbocycles. The highest BCUT2D eigenvalue weighted by Crippen LogP contribution is 2.34. The number of thiazole rings is 1. The Bertz CT molecular complexity index is 703. The van der Waals surface area contributed by atoms with Crippen molar-refractivity contribution in [2.45, 2.75) is 39.0 Å². The van der Waals surface area contributed by atoms with Crippen LogP contribution in [0, 0.1) is 6.92 Å². The zero-order chi connectivity index (χ0) is 16.9. The molecule has 1 amide bonds. The second-order valence-electron chi connectivity index (χ2n) is 6.20. The van der Waals surface area contributed by atoms with Gasteiger partial charge in [-0.15, -0.1) is 11.3 Å². The number of ether oxygens (including phenoxy) is 1. The molecular formula is C19H24N2O2S. The average molecular weight is 344 g/mol.